The summed E-state index contributed by atoms with van der Waals surface area (Å²) in [6.07, 6.45) is 1.71. The van der Waals surface area contributed by atoms with Crippen LogP contribution in [0.1, 0.15) is 37.7 Å². The van der Waals surface area contributed by atoms with Crippen molar-refractivity contribution in [2.45, 2.75) is 38.8 Å². The van der Waals surface area contributed by atoms with Crippen molar-refractivity contribution in [2.24, 2.45) is 0 Å². The fourth-order valence-electron chi connectivity index (χ4n) is 1.47. The van der Waals surface area contributed by atoms with Gasteiger partial charge in [-0.1, -0.05) is 19.9 Å². The van der Waals surface area contributed by atoms with Gasteiger partial charge in [-0.3, -0.25) is 0 Å². The molecule has 0 aliphatic rings. The molecule has 0 aliphatic carbocycles. The summed E-state index contributed by atoms with van der Waals surface area (Å²) in [4.78, 5) is 1.06. The first-order chi connectivity index (χ1) is 6.79. The first kappa shape index (κ1) is 11.7. The van der Waals surface area contributed by atoms with Crippen LogP contribution in [0.5, 0.6) is 0 Å². The van der Waals surface area contributed by atoms with Gasteiger partial charge in [-0.15, -0.1) is 11.3 Å². The van der Waals surface area contributed by atoms with Crippen molar-refractivity contribution in [1.29, 1.82) is 0 Å². The van der Waals surface area contributed by atoms with Gasteiger partial charge in [0, 0.05) is 10.9 Å². The van der Waals surface area contributed by atoms with Crippen LogP contribution in [0, 0.1) is 0 Å². The molecule has 0 aliphatic heterocycles. The molecule has 1 rings (SSSR count). The Kier molecular flexibility index (Phi) is 5.15. The molecule has 3 heteroatoms. The molecule has 0 saturated heterocycles. The Morgan fingerprint density at radius 1 is 1.50 bits per heavy atom. The summed E-state index contributed by atoms with van der Waals surface area (Å²) in [5.41, 5.74) is 0. The van der Waals surface area contributed by atoms with Gasteiger partial charge in [-0.05, 0) is 30.8 Å². The van der Waals surface area contributed by atoms with E-state index in [-0.39, 0.29) is 12.1 Å². The zero-order chi connectivity index (χ0) is 10.4. The van der Waals surface area contributed by atoms with Gasteiger partial charge in [0.1, 0.15) is 6.10 Å². The lowest BCUT2D eigenvalue weighted by Gasteiger charge is -2.21. The number of nitrogens with one attached hydrogen (secondary N) is 1. The molecule has 0 amide bonds. The van der Waals surface area contributed by atoms with Crippen LogP contribution in [-0.4, -0.2) is 17.7 Å². The molecule has 14 heavy (non-hydrogen) atoms. The third-order valence-corrected chi connectivity index (χ3v) is 3.26. The Morgan fingerprint density at radius 2 is 2.29 bits per heavy atom. The van der Waals surface area contributed by atoms with Gasteiger partial charge < -0.3 is 10.4 Å². The third-order valence-electron chi connectivity index (χ3n) is 2.31. The predicted octanol–water partition coefficient (Wildman–Crippen LogP) is 2.56. The molecule has 1 aromatic rings. The lowest BCUT2D eigenvalue weighted by Crippen LogP contribution is -2.34. The van der Waals surface area contributed by atoms with Gasteiger partial charge in [0.2, 0.25) is 0 Å². The highest BCUT2D eigenvalue weighted by Gasteiger charge is 2.18. The number of aliphatic hydroxyl groups is 1. The maximum absolute atomic E-state index is 10.0. The van der Waals surface area contributed by atoms with Crippen LogP contribution in [-0.2, 0) is 0 Å². The van der Waals surface area contributed by atoms with Crippen molar-refractivity contribution in [2.75, 3.05) is 6.54 Å². The van der Waals surface area contributed by atoms with E-state index in [1.54, 1.807) is 11.3 Å². The Labute approximate surface area is 90.0 Å². The number of aliphatic hydroxyl groups excluding tert-OH is 1. The molecule has 0 fully saturated rings. The van der Waals surface area contributed by atoms with E-state index in [0.717, 1.165) is 24.3 Å². The SMILES string of the molecule is CCCNC(CC)C(O)c1cccs1. The van der Waals surface area contributed by atoms with Gasteiger partial charge >= 0.3 is 0 Å². The minimum absolute atomic E-state index is 0.189. The van der Waals surface area contributed by atoms with E-state index in [9.17, 15) is 5.11 Å². The van der Waals surface area contributed by atoms with E-state index in [1.165, 1.54) is 0 Å². The number of hydrogen-bond acceptors (Lipinski definition) is 3. The maximum atomic E-state index is 10.0. The molecular weight excluding hydrogens is 194 g/mol. The van der Waals surface area contributed by atoms with Crippen molar-refractivity contribution in [1.82, 2.24) is 5.32 Å². The van der Waals surface area contributed by atoms with Gasteiger partial charge in [-0.2, -0.15) is 0 Å². The van der Waals surface area contributed by atoms with Crippen LogP contribution in [0.2, 0.25) is 0 Å². The summed E-state index contributed by atoms with van der Waals surface area (Å²) >= 11 is 1.62. The highest BCUT2D eigenvalue weighted by Crippen LogP contribution is 2.23. The van der Waals surface area contributed by atoms with Crippen molar-refractivity contribution < 1.29 is 5.11 Å². The third kappa shape index (κ3) is 3.08. The van der Waals surface area contributed by atoms with Crippen molar-refractivity contribution in [3.63, 3.8) is 0 Å². The van der Waals surface area contributed by atoms with E-state index < -0.39 is 0 Å². The molecule has 1 heterocycles. The average Bonchev–Trinajstić information content (AvgIpc) is 2.71. The fraction of sp³-hybridized carbons (Fsp3) is 0.636. The highest BCUT2D eigenvalue weighted by molar-refractivity contribution is 7.10. The second kappa shape index (κ2) is 6.17. The molecule has 2 unspecified atom stereocenters. The van der Waals surface area contributed by atoms with Crippen LogP contribution in [0.4, 0.5) is 0 Å². The largest absolute Gasteiger partial charge is 0.386 e. The average molecular weight is 213 g/mol. The van der Waals surface area contributed by atoms with Crippen LogP contribution in [0.25, 0.3) is 0 Å². The molecular formula is C11H19NOS. The lowest BCUT2D eigenvalue weighted by molar-refractivity contribution is 0.129. The van der Waals surface area contributed by atoms with Crippen LogP contribution >= 0.6 is 11.3 Å². The van der Waals surface area contributed by atoms with E-state index in [0.29, 0.717) is 0 Å². The minimum Gasteiger partial charge on any atom is -0.386 e. The van der Waals surface area contributed by atoms with Crippen molar-refractivity contribution >= 4 is 11.3 Å². The number of rotatable bonds is 6. The van der Waals surface area contributed by atoms with Gasteiger partial charge in [-0.25, -0.2) is 0 Å². The van der Waals surface area contributed by atoms with Gasteiger partial charge in [0.15, 0.2) is 0 Å². The standard InChI is InChI=1S/C11H19NOS/c1-3-7-12-9(4-2)11(13)10-6-5-8-14-10/h5-6,8-9,11-13H,3-4,7H2,1-2H3. The van der Waals surface area contributed by atoms with Crippen molar-refractivity contribution in [3.05, 3.63) is 22.4 Å². The summed E-state index contributed by atoms with van der Waals surface area (Å²) in [7, 11) is 0. The molecule has 0 saturated carbocycles. The second-order valence-corrected chi connectivity index (χ2v) is 4.41. The van der Waals surface area contributed by atoms with Crippen LogP contribution in [0.15, 0.2) is 17.5 Å². The Bertz CT molecular complexity index is 235. The predicted molar refractivity (Wildman–Crippen MR) is 61.7 cm³/mol. The Morgan fingerprint density at radius 3 is 2.79 bits per heavy atom. The Hall–Kier alpha value is -0.380. The molecule has 0 radical (unpaired) electrons. The summed E-state index contributed by atoms with van der Waals surface area (Å²) in [5.74, 6) is 0. The summed E-state index contributed by atoms with van der Waals surface area (Å²) in [6, 6.07) is 4.16. The van der Waals surface area contributed by atoms with Crippen LogP contribution < -0.4 is 5.32 Å². The molecule has 1 aromatic heterocycles. The lowest BCUT2D eigenvalue weighted by atomic mass is 10.1. The first-order valence-electron chi connectivity index (χ1n) is 5.24. The first-order valence-corrected chi connectivity index (χ1v) is 6.12. The zero-order valence-electron chi connectivity index (χ0n) is 8.86. The molecule has 0 bridgehead atoms. The van der Waals surface area contributed by atoms with E-state index in [1.807, 2.05) is 17.5 Å². The quantitative estimate of drug-likeness (QED) is 0.761. The molecule has 80 valence electrons. The molecule has 0 spiro atoms. The normalized spacial score (nSPS) is 15.4. The molecule has 2 N–H and O–H groups in total. The maximum Gasteiger partial charge on any atom is 0.103 e. The van der Waals surface area contributed by atoms with Gasteiger partial charge in [0.25, 0.3) is 0 Å². The number of hydrogen-bond donors (Lipinski definition) is 2. The number of thiophene rings is 1. The topological polar surface area (TPSA) is 32.3 Å². The second-order valence-electron chi connectivity index (χ2n) is 3.43. The highest BCUT2D eigenvalue weighted by atomic mass is 32.1. The molecule has 2 nitrogen and oxygen atoms in total. The summed E-state index contributed by atoms with van der Waals surface area (Å²) in [5, 5.41) is 15.4. The molecule has 2 atom stereocenters. The fourth-order valence-corrected chi connectivity index (χ4v) is 2.24. The molecule has 0 aromatic carbocycles. The summed E-state index contributed by atoms with van der Waals surface area (Å²) in [6.45, 7) is 5.21. The van der Waals surface area contributed by atoms with E-state index >= 15 is 0 Å². The summed E-state index contributed by atoms with van der Waals surface area (Å²) < 4.78 is 0. The van der Waals surface area contributed by atoms with Crippen molar-refractivity contribution in [3.8, 4) is 0 Å². The van der Waals surface area contributed by atoms with E-state index in [4.69, 9.17) is 0 Å². The minimum atomic E-state index is -0.355. The monoisotopic (exact) mass is 213 g/mol. The van der Waals surface area contributed by atoms with E-state index in [2.05, 4.69) is 19.2 Å². The Balaban J connectivity index is 2.51. The smallest absolute Gasteiger partial charge is 0.103 e. The van der Waals surface area contributed by atoms with Gasteiger partial charge in [0.05, 0.1) is 0 Å². The van der Waals surface area contributed by atoms with Crippen LogP contribution in [0.3, 0.4) is 0 Å². The zero-order valence-corrected chi connectivity index (χ0v) is 9.68.